The van der Waals surface area contributed by atoms with Gasteiger partial charge in [-0.15, -0.1) is 0 Å². The molecule has 5 N–H and O–H groups in total. The van der Waals surface area contributed by atoms with Crippen molar-refractivity contribution in [2.45, 2.75) is 141 Å². The highest BCUT2D eigenvalue weighted by Gasteiger charge is 2.62. The zero-order chi connectivity index (χ0) is 33.5. The molecular formula is C33H52O12S. The van der Waals surface area contributed by atoms with E-state index >= 15 is 0 Å². The van der Waals surface area contributed by atoms with Gasteiger partial charge in [-0.1, -0.05) is 46.3 Å². The summed E-state index contributed by atoms with van der Waals surface area (Å²) in [7, 11) is -4.77. The first-order chi connectivity index (χ1) is 21.4. The smallest absolute Gasteiger partial charge is 0.397 e. The molecule has 2 heterocycles. The molecule has 2 saturated heterocycles. The van der Waals surface area contributed by atoms with Crippen LogP contribution < -0.4 is 0 Å². The van der Waals surface area contributed by atoms with Crippen LogP contribution in [0.15, 0.2) is 11.6 Å². The Bertz CT molecular complexity index is 1300. The van der Waals surface area contributed by atoms with Crippen molar-refractivity contribution in [3.63, 3.8) is 0 Å². The molecular weight excluding hydrogens is 620 g/mol. The summed E-state index contributed by atoms with van der Waals surface area (Å²) in [4.78, 5) is 11.6. The molecule has 3 saturated carbocycles. The number of carbonyl (C=O) groups is 1. The highest BCUT2D eigenvalue weighted by molar-refractivity contribution is 7.80. The van der Waals surface area contributed by atoms with Crippen molar-refractivity contribution in [2.75, 3.05) is 0 Å². The number of fused-ring (bicyclic) bond motifs is 5. The maximum Gasteiger partial charge on any atom is 0.397 e. The second-order valence-corrected chi connectivity index (χ2v) is 17.0. The van der Waals surface area contributed by atoms with E-state index in [-0.39, 0.29) is 23.4 Å². The number of rotatable bonds is 9. The minimum atomic E-state index is -4.77. The summed E-state index contributed by atoms with van der Waals surface area (Å²) in [5, 5.41) is 40.3. The van der Waals surface area contributed by atoms with E-state index in [1.54, 1.807) is 0 Å². The van der Waals surface area contributed by atoms with Crippen molar-refractivity contribution < 1.29 is 56.6 Å². The molecule has 0 radical (unpaired) electrons. The van der Waals surface area contributed by atoms with Gasteiger partial charge in [-0.05, 0) is 97.7 Å². The number of aliphatic carboxylic acids is 1. The van der Waals surface area contributed by atoms with Gasteiger partial charge >= 0.3 is 16.4 Å². The van der Waals surface area contributed by atoms with E-state index in [1.165, 1.54) is 5.57 Å². The van der Waals surface area contributed by atoms with E-state index in [1.807, 2.05) is 0 Å². The standard InChI is InChI=1S/C33H52O12S/c1-15(2)12-24-28(43-24)16(3)19-6-7-20-18-14-23(45-46(39,40)41)22-13-17(8-10-33(22,5)21(18)9-11-32(19,20)4)42-31-27(36)25(34)26(35)29(44-31)30(37)38/h9,15-20,22-29,31,34-36H,6-8,10-14H2,1-5H3,(H,37,38)(H,39,40,41)/t16?,17-,18?,19+,20?,22?,23?,24?,25?,26?,27?,28?,29?,31?,32+,33+/m0/s1. The Labute approximate surface area is 271 Å². The molecule has 5 fully saturated rings. The Morgan fingerprint density at radius 2 is 1.74 bits per heavy atom. The molecule has 6 aliphatic rings. The predicted molar refractivity (Wildman–Crippen MR) is 163 cm³/mol. The molecule has 2 aliphatic heterocycles. The van der Waals surface area contributed by atoms with Crippen molar-refractivity contribution >= 4 is 16.4 Å². The van der Waals surface area contributed by atoms with Crippen molar-refractivity contribution in [3.8, 4) is 0 Å². The summed E-state index contributed by atoms with van der Waals surface area (Å²) in [5.74, 6) is 0.0843. The summed E-state index contributed by atoms with van der Waals surface area (Å²) in [6.45, 7) is 11.3. The third-order valence-electron chi connectivity index (χ3n) is 12.9. The quantitative estimate of drug-likeness (QED) is 0.104. The summed E-state index contributed by atoms with van der Waals surface area (Å²) >= 11 is 0. The molecule has 46 heavy (non-hydrogen) atoms. The second kappa shape index (κ2) is 12.3. The first kappa shape index (κ1) is 34.7. The van der Waals surface area contributed by atoms with Gasteiger partial charge in [0.15, 0.2) is 12.4 Å². The number of allylic oxidation sites excluding steroid dienone is 2. The number of epoxide rings is 1. The zero-order valence-corrected chi connectivity index (χ0v) is 28.2. The largest absolute Gasteiger partial charge is 0.479 e. The van der Waals surface area contributed by atoms with Crippen molar-refractivity contribution in [2.24, 2.45) is 46.3 Å². The molecule has 6 rings (SSSR count). The molecule has 262 valence electrons. The Kier molecular flexibility index (Phi) is 9.29. The van der Waals surface area contributed by atoms with Gasteiger partial charge in [-0.3, -0.25) is 4.55 Å². The van der Waals surface area contributed by atoms with E-state index in [0.29, 0.717) is 55.5 Å². The van der Waals surface area contributed by atoms with Crippen molar-refractivity contribution in [1.82, 2.24) is 0 Å². The van der Waals surface area contributed by atoms with Gasteiger partial charge in [0.05, 0.1) is 24.4 Å². The fraction of sp³-hybridized carbons (Fsp3) is 0.909. The first-order valence-electron chi connectivity index (χ1n) is 17.0. The average molecular weight is 673 g/mol. The Morgan fingerprint density at radius 1 is 1.02 bits per heavy atom. The van der Waals surface area contributed by atoms with Crippen LogP contribution in [0.3, 0.4) is 0 Å². The van der Waals surface area contributed by atoms with E-state index in [0.717, 1.165) is 25.7 Å². The van der Waals surface area contributed by atoms with Crippen LogP contribution in [0.2, 0.25) is 0 Å². The molecule has 12 nitrogen and oxygen atoms in total. The van der Waals surface area contributed by atoms with Crippen LogP contribution in [-0.4, -0.2) is 94.5 Å². The third kappa shape index (κ3) is 6.10. The van der Waals surface area contributed by atoms with Gasteiger partial charge in [-0.2, -0.15) is 8.42 Å². The number of carboxylic acid groups (broad SMARTS) is 1. The molecule has 4 aliphatic carbocycles. The predicted octanol–water partition coefficient (Wildman–Crippen LogP) is 3.09. The van der Waals surface area contributed by atoms with Gasteiger partial charge in [0.2, 0.25) is 0 Å². The Morgan fingerprint density at radius 3 is 2.39 bits per heavy atom. The molecule has 16 atom stereocenters. The summed E-state index contributed by atoms with van der Waals surface area (Å²) in [5.41, 5.74) is 0.922. The van der Waals surface area contributed by atoms with Crippen LogP contribution in [0.4, 0.5) is 0 Å². The lowest BCUT2D eigenvalue weighted by Crippen LogP contribution is -2.61. The van der Waals surface area contributed by atoms with E-state index in [2.05, 4.69) is 40.7 Å². The Balaban J connectivity index is 1.23. The van der Waals surface area contributed by atoms with Crippen LogP contribution in [0.1, 0.15) is 86.0 Å². The zero-order valence-electron chi connectivity index (χ0n) is 27.4. The topological polar surface area (TPSA) is 193 Å². The van der Waals surface area contributed by atoms with E-state index in [9.17, 15) is 38.2 Å². The lowest BCUT2D eigenvalue weighted by Gasteiger charge is -2.59. The highest BCUT2D eigenvalue weighted by atomic mass is 32.3. The minimum Gasteiger partial charge on any atom is -0.479 e. The van der Waals surface area contributed by atoms with Gasteiger partial charge in [0, 0.05) is 0 Å². The lowest BCUT2D eigenvalue weighted by molar-refractivity contribution is -0.309. The molecule has 0 aromatic heterocycles. The highest BCUT2D eigenvalue weighted by Crippen LogP contribution is 2.67. The van der Waals surface area contributed by atoms with Crippen LogP contribution in [-0.2, 0) is 33.6 Å². The van der Waals surface area contributed by atoms with E-state index < -0.39 is 64.7 Å². The second-order valence-electron chi connectivity index (χ2n) is 16.0. The number of hydrogen-bond acceptors (Lipinski definition) is 10. The monoisotopic (exact) mass is 672 g/mol. The number of aliphatic hydroxyl groups excluding tert-OH is 3. The lowest BCUT2D eigenvalue weighted by atomic mass is 9.47. The normalized spacial score (nSPS) is 49.4. The van der Waals surface area contributed by atoms with E-state index in [4.69, 9.17) is 18.4 Å². The minimum absolute atomic E-state index is 0.0363. The summed E-state index contributed by atoms with van der Waals surface area (Å²) < 4.78 is 57.3. The molecule has 12 unspecified atom stereocenters. The summed E-state index contributed by atoms with van der Waals surface area (Å²) in [6, 6.07) is 0. The maximum absolute atomic E-state index is 12.2. The van der Waals surface area contributed by atoms with Crippen LogP contribution in [0.25, 0.3) is 0 Å². The van der Waals surface area contributed by atoms with Gasteiger partial charge in [-0.25, -0.2) is 8.98 Å². The van der Waals surface area contributed by atoms with Crippen LogP contribution in [0, 0.1) is 46.3 Å². The van der Waals surface area contributed by atoms with Gasteiger partial charge < -0.3 is 34.6 Å². The molecule has 0 amide bonds. The fourth-order valence-corrected chi connectivity index (χ4v) is 11.2. The molecule has 13 heteroatoms. The first-order valence-corrected chi connectivity index (χ1v) is 18.4. The van der Waals surface area contributed by atoms with Gasteiger partial charge in [0.1, 0.15) is 18.3 Å². The molecule has 0 bridgehead atoms. The number of hydrogen-bond donors (Lipinski definition) is 5. The number of aliphatic hydroxyl groups is 3. The number of ether oxygens (including phenoxy) is 3. The van der Waals surface area contributed by atoms with Crippen molar-refractivity contribution in [1.29, 1.82) is 0 Å². The van der Waals surface area contributed by atoms with Crippen LogP contribution >= 0.6 is 0 Å². The van der Waals surface area contributed by atoms with Crippen LogP contribution in [0.5, 0.6) is 0 Å². The van der Waals surface area contributed by atoms with Crippen molar-refractivity contribution in [3.05, 3.63) is 11.6 Å². The maximum atomic E-state index is 12.2. The molecule has 0 spiro atoms. The molecule has 0 aromatic rings. The molecule has 0 aromatic carbocycles. The summed E-state index contributed by atoms with van der Waals surface area (Å²) in [6.07, 6.45) is -0.965. The fourth-order valence-electron chi connectivity index (χ4n) is 10.7. The Hall–Kier alpha value is -1.16. The number of carboxylic acids is 1. The van der Waals surface area contributed by atoms with Gasteiger partial charge in [0.25, 0.3) is 0 Å². The third-order valence-corrected chi connectivity index (χ3v) is 13.4. The SMILES string of the molecule is CC(C)CC1OC1C(C)[C@H]1CCC2C3CC(OS(=O)(=O)O)C4C[C@@H](OC5OC(C(=O)O)C(O)C(O)C5O)CC[C@]4(C)C3=CC[C@@]21C. The average Bonchev–Trinajstić information content (AvgIpc) is 3.62.